The van der Waals surface area contributed by atoms with Crippen molar-refractivity contribution in [3.63, 3.8) is 0 Å². The molecule has 1 aliphatic rings. The topological polar surface area (TPSA) is 50.4 Å². The first-order valence-corrected chi connectivity index (χ1v) is 7.41. The summed E-state index contributed by atoms with van der Waals surface area (Å²) in [6.07, 6.45) is 1.21. The van der Waals surface area contributed by atoms with Crippen molar-refractivity contribution in [3.05, 3.63) is 65.7 Å². The lowest BCUT2D eigenvalue weighted by Crippen LogP contribution is -2.23. The molecule has 0 spiro atoms. The molecule has 0 aliphatic heterocycles. The number of anilines is 1. The van der Waals surface area contributed by atoms with Gasteiger partial charge in [0.25, 0.3) is 0 Å². The molecule has 0 saturated heterocycles. The molecule has 0 heterocycles. The van der Waals surface area contributed by atoms with Gasteiger partial charge in [0.2, 0.25) is 0 Å². The molecule has 0 amide bonds. The normalized spacial score (nSPS) is 20.1. The molecule has 2 aromatic carbocycles. The van der Waals surface area contributed by atoms with Crippen molar-refractivity contribution < 1.29 is 0 Å². The summed E-state index contributed by atoms with van der Waals surface area (Å²) in [5.74, 6) is 1.78. The van der Waals surface area contributed by atoms with E-state index in [4.69, 9.17) is 5.73 Å². The molecule has 2 aromatic rings. The second-order valence-corrected chi connectivity index (χ2v) is 5.73. The number of benzene rings is 2. The Morgan fingerprint density at radius 3 is 2.68 bits per heavy atom. The largest absolute Gasteiger partial charge is 0.370 e. The van der Waals surface area contributed by atoms with Crippen LogP contribution in [0, 0.1) is 12.8 Å². The lowest BCUT2D eigenvalue weighted by atomic mass is 10.1. The molecule has 2 atom stereocenters. The molecule has 1 fully saturated rings. The maximum atomic E-state index is 5.95. The van der Waals surface area contributed by atoms with Gasteiger partial charge >= 0.3 is 0 Å². The average Bonchev–Trinajstić information content (AvgIpc) is 3.26. The fraction of sp³-hybridized carbons (Fsp3) is 0.278. The zero-order valence-corrected chi connectivity index (χ0v) is 15.0. The van der Waals surface area contributed by atoms with E-state index >= 15 is 0 Å². The van der Waals surface area contributed by atoms with Crippen molar-refractivity contribution >= 4 is 35.6 Å². The van der Waals surface area contributed by atoms with Gasteiger partial charge in [-0.25, -0.2) is 0 Å². The third kappa shape index (κ3) is 4.47. The number of hydrogen-bond donors (Lipinski definition) is 2. The molecule has 116 valence electrons. The molecule has 1 saturated carbocycles. The van der Waals surface area contributed by atoms with Crippen LogP contribution in [0.5, 0.6) is 0 Å². The molecule has 3 nitrogen and oxygen atoms in total. The third-order valence-corrected chi connectivity index (χ3v) is 3.94. The van der Waals surface area contributed by atoms with Gasteiger partial charge in [-0.05, 0) is 48.4 Å². The van der Waals surface area contributed by atoms with Crippen LogP contribution in [0.4, 0.5) is 5.69 Å². The molecule has 0 radical (unpaired) electrons. The zero-order chi connectivity index (χ0) is 14.7. The first-order valence-electron chi connectivity index (χ1n) is 7.41. The minimum absolute atomic E-state index is 0. The molecule has 0 bridgehead atoms. The van der Waals surface area contributed by atoms with Crippen LogP contribution in [-0.2, 0) is 0 Å². The number of aryl methyl sites for hydroxylation is 1. The SMILES string of the molecule is Cc1cccc(NC(N)=NCC2CC2c2ccccc2)c1.I. The molecule has 1 aliphatic carbocycles. The van der Waals surface area contributed by atoms with E-state index in [1.807, 2.05) is 12.1 Å². The number of nitrogens with two attached hydrogens (primary N) is 1. The van der Waals surface area contributed by atoms with Gasteiger partial charge in [-0.2, -0.15) is 0 Å². The minimum atomic E-state index is 0. The molecule has 3 rings (SSSR count). The molecule has 3 N–H and O–H groups in total. The quantitative estimate of drug-likeness (QED) is 0.455. The van der Waals surface area contributed by atoms with Crippen LogP contribution in [0.25, 0.3) is 0 Å². The summed E-state index contributed by atoms with van der Waals surface area (Å²) in [5, 5.41) is 3.15. The van der Waals surface area contributed by atoms with E-state index in [1.54, 1.807) is 0 Å². The maximum absolute atomic E-state index is 5.95. The standard InChI is InChI=1S/C18H21N3.HI/c1-13-6-5-9-16(10-13)21-18(19)20-12-15-11-17(15)14-7-3-2-4-8-14;/h2-10,15,17H,11-12H2,1H3,(H3,19,20,21);1H. The highest BCUT2D eigenvalue weighted by atomic mass is 127. The van der Waals surface area contributed by atoms with E-state index in [0.717, 1.165) is 12.2 Å². The van der Waals surface area contributed by atoms with Crippen LogP contribution in [-0.4, -0.2) is 12.5 Å². The molecule has 4 heteroatoms. The molecule has 22 heavy (non-hydrogen) atoms. The van der Waals surface area contributed by atoms with E-state index in [1.165, 1.54) is 17.5 Å². The number of nitrogens with zero attached hydrogens (tertiary/aromatic N) is 1. The number of rotatable bonds is 4. The van der Waals surface area contributed by atoms with Crippen LogP contribution >= 0.6 is 24.0 Å². The Kier molecular flexibility index (Phi) is 5.83. The van der Waals surface area contributed by atoms with Gasteiger partial charge in [-0.15, -0.1) is 24.0 Å². The lowest BCUT2D eigenvalue weighted by Gasteiger charge is -2.06. The van der Waals surface area contributed by atoms with Gasteiger partial charge in [0.05, 0.1) is 0 Å². The van der Waals surface area contributed by atoms with E-state index in [0.29, 0.717) is 17.8 Å². The Morgan fingerprint density at radius 2 is 1.95 bits per heavy atom. The van der Waals surface area contributed by atoms with Crippen molar-refractivity contribution in [1.82, 2.24) is 0 Å². The average molecular weight is 407 g/mol. The second kappa shape index (κ2) is 7.63. The number of nitrogens with one attached hydrogen (secondary N) is 1. The van der Waals surface area contributed by atoms with Crippen LogP contribution in [0.15, 0.2) is 59.6 Å². The van der Waals surface area contributed by atoms with Crippen LogP contribution in [0.3, 0.4) is 0 Å². The van der Waals surface area contributed by atoms with Gasteiger partial charge in [-0.1, -0.05) is 42.5 Å². The summed E-state index contributed by atoms with van der Waals surface area (Å²) in [7, 11) is 0. The van der Waals surface area contributed by atoms with Crippen molar-refractivity contribution in [1.29, 1.82) is 0 Å². The number of aliphatic imine (C=N–C) groups is 1. The van der Waals surface area contributed by atoms with Crippen LogP contribution in [0.2, 0.25) is 0 Å². The van der Waals surface area contributed by atoms with Crippen molar-refractivity contribution in [2.75, 3.05) is 11.9 Å². The highest BCUT2D eigenvalue weighted by Gasteiger charge is 2.37. The maximum Gasteiger partial charge on any atom is 0.193 e. The van der Waals surface area contributed by atoms with E-state index in [2.05, 4.69) is 59.7 Å². The van der Waals surface area contributed by atoms with Gasteiger partial charge in [0, 0.05) is 12.2 Å². The predicted molar refractivity (Wildman–Crippen MR) is 104 cm³/mol. The van der Waals surface area contributed by atoms with E-state index < -0.39 is 0 Å². The van der Waals surface area contributed by atoms with Crippen LogP contribution < -0.4 is 11.1 Å². The summed E-state index contributed by atoms with van der Waals surface area (Å²) in [4.78, 5) is 4.47. The fourth-order valence-electron chi connectivity index (χ4n) is 2.68. The Bertz CT molecular complexity index is 640. The summed E-state index contributed by atoms with van der Waals surface area (Å²) >= 11 is 0. The molecule has 0 aromatic heterocycles. The number of hydrogen-bond acceptors (Lipinski definition) is 1. The summed E-state index contributed by atoms with van der Waals surface area (Å²) in [6.45, 7) is 2.86. The second-order valence-electron chi connectivity index (χ2n) is 5.73. The van der Waals surface area contributed by atoms with Gasteiger partial charge in [-0.3, -0.25) is 4.99 Å². The molecular weight excluding hydrogens is 385 g/mol. The van der Waals surface area contributed by atoms with Gasteiger partial charge in [0.1, 0.15) is 0 Å². The van der Waals surface area contributed by atoms with Crippen LogP contribution in [0.1, 0.15) is 23.5 Å². The predicted octanol–water partition coefficient (Wildman–Crippen LogP) is 4.14. The van der Waals surface area contributed by atoms with Crippen molar-refractivity contribution in [2.24, 2.45) is 16.6 Å². The summed E-state index contributed by atoms with van der Waals surface area (Å²) in [6, 6.07) is 18.8. The Balaban J connectivity index is 0.00000176. The highest BCUT2D eigenvalue weighted by molar-refractivity contribution is 14.0. The summed E-state index contributed by atoms with van der Waals surface area (Å²) in [5.41, 5.74) is 9.57. The number of halogens is 1. The zero-order valence-electron chi connectivity index (χ0n) is 12.7. The van der Waals surface area contributed by atoms with Gasteiger partial charge in [0.15, 0.2) is 5.96 Å². The van der Waals surface area contributed by atoms with Gasteiger partial charge < -0.3 is 11.1 Å². The monoisotopic (exact) mass is 407 g/mol. The lowest BCUT2D eigenvalue weighted by molar-refractivity contribution is 0.809. The van der Waals surface area contributed by atoms with E-state index in [9.17, 15) is 0 Å². The third-order valence-electron chi connectivity index (χ3n) is 3.94. The Hall–Kier alpha value is -1.56. The van der Waals surface area contributed by atoms with E-state index in [-0.39, 0.29) is 24.0 Å². The first-order chi connectivity index (χ1) is 10.2. The Morgan fingerprint density at radius 1 is 1.18 bits per heavy atom. The smallest absolute Gasteiger partial charge is 0.193 e. The van der Waals surface area contributed by atoms with Crippen molar-refractivity contribution in [2.45, 2.75) is 19.3 Å². The molecular formula is C18H22IN3. The Labute approximate surface area is 149 Å². The molecule has 2 unspecified atom stereocenters. The van der Waals surface area contributed by atoms with Crippen molar-refractivity contribution in [3.8, 4) is 0 Å². The number of guanidine groups is 1. The fourth-order valence-corrected chi connectivity index (χ4v) is 2.68. The minimum Gasteiger partial charge on any atom is -0.370 e. The summed E-state index contributed by atoms with van der Waals surface area (Å²) < 4.78 is 0. The first kappa shape index (κ1) is 16.8. The highest BCUT2D eigenvalue weighted by Crippen LogP contribution is 2.47.